The number of aliphatic carboxylic acids is 1. The molecule has 1 atom stereocenters. The zero-order valence-corrected chi connectivity index (χ0v) is 11.9. The molecule has 0 saturated carbocycles. The van der Waals surface area contributed by atoms with Crippen molar-refractivity contribution in [2.24, 2.45) is 0 Å². The number of rotatable bonds is 4. The summed E-state index contributed by atoms with van der Waals surface area (Å²) in [4.78, 5) is 15.4. The van der Waals surface area contributed by atoms with E-state index in [1.165, 1.54) is 43.3 Å². The zero-order valence-electron chi connectivity index (χ0n) is 11.1. The third-order valence-electron chi connectivity index (χ3n) is 3.31. The number of benzene rings is 1. The van der Waals surface area contributed by atoms with Crippen molar-refractivity contribution in [3.05, 3.63) is 52.9 Å². The fraction of sp³-hybridized carbons (Fsp3) is 0.200. The van der Waals surface area contributed by atoms with E-state index in [1.54, 1.807) is 0 Å². The van der Waals surface area contributed by atoms with Gasteiger partial charge in [-0.05, 0) is 48.9 Å². The Labute approximate surface area is 125 Å². The van der Waals surface area contributed by atoms with Crippen LogP contribution in [0.5, 0.6) is 0 Å². The molecule has 3 nitrogen and oxygen atoms in total. The van der Waals surface area contributed by atoms with E-state index in [4.69, 9.17) is 11.6 Å². The summed E-state index contributed by atoms with van der Waals surface area (Å²) < 4.78 is 26.1. The summed E-state index contributed by atoms with van der Waals surface area (Å²) in [5.41, 5.74) is -0.580. The van der Waals surface area contributed by atoms with E-state index in [2.05, 4.69) is 4.98 Å². The van der Waals surface area contributed by atoms with E-state index in [-0.39, 0.29) is 10.7 Å². The zero-order chi connectivity index (χ0) is 15.6. The fourth-order valence-corrected chi connectivity index (χ4v) is 2.05. The van der Waals surface area contributed by atoms with Gasteiger partial charge in [-0.2, -0.15) is 0 Å². The summed E-state index contributed by atoms with van der Waals surface area (Å²) >= 11 is 5.90. The Hall–Kier alpha value is -2.01. The van der Waals surface area contributed by atoms with Crippen LogP contribution in [0.3, 0.4) is 0 Å². The number of nitrogens with zero attached hydrogens (tertiary/aromatic N) is 1. The molecule has 0 bridgehead atoms. The van der Waals surface area contributed by atoms with Gasteiger partial charge in [0.2, 0.25) is 0 Å². The molecule has 1 aromatic heterocycles. The molecular formula is C15H12ClF2NO2. The second kappa shape index (κ2) is 5.77. The van der Waals surface area contributed by atoms with Crippen LogP contribution in [0.2, 0.25) is 5.15 Å². The Morgan fingerprint density at radius 2 is 1.95 bits per heavy atom. The molecule has 1 N–H and O–H groups in total. The third-order valence-corrected chi connectivity index (χ3v) is 3.50. The number of halogens is 3. The molecule has 0 spiro atoms. The van der Waals surface area contributed by atoms with Crippen molar-refractivity contribution < 1.29 is 18.7 Å². The van der Waals surface area contributed by atoms with E-state index in [9.17, 15) is 18.7 Å². The standard InChI is InChI=1S/C15H12ClF2NO2/c1-15(8-17,14(20)21)10-6-12(19-13(16)7-10)9-2-4-11(18)5-3-9/h2-7H,8H2,1H3,(H,20,21). The van der Waals surface area contributed by atoms with E-state index in [0.717, 1.165) is 0 Å². The van der Waals surface area contributed by atoms with Crippen LogP contribution in [-0.2, 0) is 10.2 Å². The molecule has 0 radical (unpaired) electrons. The van der Waals surface area contributed by atoms with Crippen LogP contribution in [0.1, 0.15) is 12.5 Å². The Morgan fingerprint density at radius 3 is 2.48 bits per heavy atom. The van der Waals surface area contributed by atoms with Crippen LogP contribution in [0.25, 0.3) is 11.3 Å². The first-order chi connectivity index (χ1) is 9.86. The highest BCUT2D eigenvalue weighted by Gasteiger charge is 2.36. The Bertz CT molecular complexity index is 676. The lowest BCUT2D eigenvalue weighted by molar-refractivity contribution is -0.143. The van der Waals surface area contributed by atoms with Crippen molar-refractivity contribution in [2.45, 2.75) is 12.3 Å². The van der Waals surface area contributed by atoms with Gasteiger partial charge in [-0.1, -0.05) is 11.6 Å². The SMILES string of the molecule is CC(CF)(C(=O)O)c1cc(Cl)nc(-c2ccc(F)cc2)c1. The van der Waals surface area contributed by atoms with Crippen LogP contribution >= 0.6 is 11.6 Å². The van der Waals surface area contributed by atoms with Crippen molar-refractivity contribution in [1.29, 1.82) is 0 Å². The predicted molar refractivity (Wildman–Crippen MR) is 75.6 cm³/mol. The lowest BCUT2D eigenvalue weighted by Gasteiger charge is -2.22. The molecule has 0 saturated heterocycles. The van der Waals surface area contributed by atoms with Gasteiger partial charge >= 0.3 is 5.97 Å². The molecule has 2 aromatic rings. The first kappa shape index (κ1) is 15.4. The van der Waals surface area contributed by atoms with Gasteiger partial charge in [0.15, 0.2) is 0 Å². The number of carboxylic acid groups (broad SMARTS) is 1. The number of carboxylic acids is 1. The highest BCUT2D eigenvalue weighted by molar-refractivity contribution is 6.29. The summed E-state index contributed by atoms with van der Waals surface area (Å²) in [6.07, 6.45) is 0. The molecular weight excluding hydrogens is 300 g/mol. The molecule has 1 unspecified atom stereocenters. The van der Waals surface area contributed by atoms with Crippen LogP contribution < -0.4 is 0 Å². The average molecular weight is 312 g/mol. The first-order valence-electron chi connectivity index (χ1n) is 6.10. The molecule has 0 amide bonds. The van der Waals surface area contributed by atoms with Crippen LogP contribution in [0.15, 0.2) is 36.4 Å². The van der Waals surface area contributed by atoms with Crippen LogP contribution in [-0.4, -0.2) is 22.7 Å². The maximum atomic E-state index is 13.2. The van der Waals surface area contributed by atoms with Crippen molar-refractivity contribution >= 4 is 17.6 Å². The minimum Gasteiger partial charge on any atom is -0.481 e. The van der Waals surface area contributed by atoms with E-state index < -0.39 is 23.9 Å². The number of hydrogen-bond acceptors (Lipinski definition) is 2. The largest absolute Gasteiger partial charge is 0.481 e. The molecule has 1 heterocycles. The molecule has 110 valence electrons. The Balaban J connectivity index is 2.56. The maximum Gasteiger partial charge on any atom is 0.316 e. The van der Waals surface area contributed by atoms with Gasteiger partial charge < -0.3 is 5.11 Å². The normalized spacial score (nSPS) is 13.7. The molecule has 1 aromatic carbocycles. The molecule has 21 heavy (non-hydrogen) atoms. The molecule has 0 aliphatic carbocycles. The van der Waals surface area contributed by atoms with E-state index in [1.807, 2.05) is 0 Å². The number of alkyl halides is 1. The van der Waals surface area contributed by atoms with Gasteiger partial charge in [0.05, 0.1) is 5.69 Å². The predicted octanol–water partition coefficient (Wildman–Crippen LogP) is 3.85. The molecule has 0 aliphatic heterocycles. The number of aromatic nitrogens is 1. The van der Waals surface area contributed by atoms with Gasteiger partial charge in [0.25, 0.3) is 0 Å². The maximum absolute atomic E-state index is 13.2. The van der Waals surface area contributed by atoms with Crippen molar-refractivity contribution in [1.82, 2.24) is 4.98 Å². The second-order valence-corrected chi connectivity index (χ2v) is 5.23. The van der Waals surface area contributed by atoms with Crippen LogP contribution in [0, 0.1) is 5.82 Å². The van der Waals surface area contributed by atoms with Gasteiger partial charge in [-0.3, -0.25) is 4.79 Å². The smallest absolute Gasteiger partial charge is 0.316 e. The Kier molecular flexibility index (Phi) is 4.23. The van der Waals surface area contributed by atoms with Gasteiger partial charge in [0, 0.05) is 5.56 Å². The highest BCUT2D eigenvalue weighted by atomic mass is 35.5. The molecule has 6 heteroatoms. The quantitative estimate of drug-likeness (QED) is 0.872. The molecule has 2 rings (SSSR count). The first-order valence-corrected chi connectivity index (χ1v) is 6.48. The fourth-order valence-electron chi connectivity index (χ4n) is 1.84. The second-order valence-electron chi connectivity index (χ2n) is 4.84. The summed E-state index contributed by atoms with van der Waals surface area (Å²) in [5, 5.41) is 9.27. The summed E-state index contributed by atoms with van der Waals surface area (Å²) in [7, 11) is 0. The summed E-state index contributed by atoms with van der Waals surface area (Å²) in [6.45, 7) is 0.195. The summed E-state index contributed by atoms with van der Waals surface area (Å²) in [5.74, 6) is -1.70. The molecule has 0 aliphatic rings. The average Bonchev–Trinajstić information content (AvgIpc) is 2.46. The lowest BCUT2D eigenvalue weighted by atomic mass is 9.84. The van der Waals surface area contributed by atoms with E-state index >= 15 is 0 Å². The number of hydrogen-bond donors (Lipinski definition) is 1. The third kappa shape index (κ3) is 3.03. The van der Waals surface area contributed by atoms with E-state index in [0.29, 0.717) is 11.3 Å². The Morgan fingerprint density at radius 1 is 1.33 bits per heavy atom. The molecule has 0 fully saturated rings. The number of carbonyl (C=O) groups is 1. The lowest BCUT2D eigenvalue weighted by Crippen LogP contribution is -2.34. The topological polar surface area (TPSA) is 50.2 Å². The number of pyridine rings is 1. The van der Waals surface area contributed by atoms with Crippen molar-refractivity contribution in [2.75, 3.05) is 6.67 Å². The van der Waals surface area contributed by atoms with Crippen molar-refractivity contribution in [3.63, 3.8) is 0 Å². The van der Waals surface area contributed by atoms with Crippen LogP contribution in [0.4, 0.5) is 8.78 Å². The van der Waals surface area contributed by atoms with Gasteiger partial charge in [-0.25, -0.2) is 13.8 Å². The minimum absolute atomic E-state index is 0.0488. The monoisotopic (exact) mass is 311 g/mol. The van der Waals surface area contributed by atoms with Crippen molar-refractivity contribution in [3.8, 4) is 11.3 Å². The van der Waals surface area contributed by atoms with Gasteiger partial charge in [0.1, 0.15) is 23.1 Å². The van der Waals surface area contributed by atoms with Gasteiger partial charge in [-0.15, -0.1) is 0 Å². The summed E-state index contributed by atoms with van der Waals surface area (Å²) in [6, 6.07) is 8.26. The minimum atomic E-state index is -1.71. The highest BCUT2D eigenvalue weighted by Crippen LogP contribution is 2.30.